The molecular weight excluding hydrogens is 260 g/mol. The van der Waals surface area contributed by atoms with Crippen molar-refractivity contribution in [2.45, 2.75) is 26.7 Å². The van der Waals surface area contributed by atoms with Gasteiger partial charge in [0.1, 0.15) is 0 Å². The molecule has 0 saturated carbocycles. The average Bonchev–Trinajstić information content (AvgIpc) is 2.74. The Kier molecular flexibility index (Phi) is 4.05. The zero-order valence-electron chi connectivity index (χ0n) is 11.4. The Labute approximate surface area is 118 Å². The molecular formula is C15H17ClN2O. The molecule has 0 aliphatic heterocycles. The van der Waals surface area contributed by atoms with Crippen molar-refractivity contribution in [1.82, 2.24) is 9.78 Å². The molecule has 0 fully saturated rings. The van der Waals surface area contributed by atoms with Crippen LogP contribution in [-0.2, 0) is 19.9 Å². The van der Waals surface area contributed by atoms with Crippen molar-refractivity contribution in [2.75, 3.05) is 0 Å². The van der Waals surface area contributed by atoms with Crippen molar-refractivity contribution < 1.29 is 4.79 Å². The third-order valence-electron chi connectivity index (χ3n) is 3.10. The Morgan fingerprint density at radius 3 is 2.79 bits per heavy atom. The maximum atomic E-state index is 12.3. The van der Waals surface area contributed by atoms with Crippen LogP contribution < -0.4 is 0 Å². The van der Waals surface area contributed by atoms with Crippen LogP contribution >= 0.6 is 11.6 Å². The van der Waals surface area contributed by atoms with Gasteiger partial charge in [-0.05, 0) is 30.5 Å². The summed E-state index contributed by atoms with van der Waals surface area (Å²) in [5, 5.41) is 4.94. The summed E-state index contributed by atoms with van der Waals surface area (Å²) in [4.78, 5) is 12.3. The van der Waals surface area contributed by atoms with E-state index in [0.717, 1.165) is 23.2 Å². The van der Waals surface area contributed by atoms with E-state index in [1.54, 1.807) is 10.9 Å². The maximum absolute atomic E-state index is 12.3. The molecule has 0 radical (unpaired) electrons. The van der Waals surface area contributed by atoms with Gasteiger partial charge in [-0.2, -0.15) is 5.10 Å². The van der Waals surface area contributed by atoms with E-state index < -0.39 is 0 Å². The Bertz CT molecular complexity index is 617. The minimum atomic E-state index is 0.0655. The van der Waals surface area contributed by atoms with E-state index in [2.05, 4.69) is 5.10 Å². The zero-order valence-corrected chi connectivity index (χ0v) is 12.2. The van der Waals surface area contributed by atoms with Gasteiger partial charge in [0.25, 0.3) is 0 Å². The van der Waals surface area contributed by atoms with Gasteiger partial charge in [0, 0.05) is 24.7 Å². The number of ketones is 1. The van der Waals surface area contributed by atoms with Crippen LogP contribution in [0.25, 0.3) is 0 Å². The molecule has 2 rings (SSSR count). The van der Waals surface area contributed by atoms with Crippen LogP contribution in [0.4, 0.5) is 0 Å². The first-order chi connectivity index (χ1) is 9.01. The molecule has 0 atom stereocenters. The Hall–Kier alpha value is -1.61. The number of halogens is 1. The highest BCUT2D eigenvalue weighted by Gasteiger charge is 2.16. The smallest absolute Gasteiger partial charge is 0.170 e. The number of aromatic nitrogens is 2. The van der Waals surface area contributed by atoms with E-state index in [-0.39, 0.29) is 5.78 Å². The minimum Gasteiger partial charge on any atom is -0.294 e. The molecule has 100 valence electrons. The lowest BCUT2D eigenvalue weighted by atomic mass is 10.0. The Morgan fingerprint density at radius 2 is 2.16 bits per heavy atom. The number of carbonyl (C=O) groups is 1. The highest BCUT2D eigenvalue weighted by Crippen LogP contribution is 2.20. The molecule has 1 heterocycles. The quantitative estimate of drug-likeness (QED) is 0.803. The first-order valence-electron chi connectivity index (χ1n) is 6.32. The lowest BCUT2D eigenvalue weighted by Gasteiger charge is -2.04. The number of hydrogen-bond acceptors (Lipinski definition) is 2. The van der Waals surface area contributed by atoms with Gasteiger partial charge in [-0.15, -0.1) is 0 Å². The summed E-state index contributed by atoms with van der Waals surface area (Å²) in [6, 6.07) is 5.77. The second-order valence-corrected chi connectivity index (χ2v) is 5.12. The van der Waals surface area contributed by atoms with Crippen molar-refractivity contribution in [2.24, 2.45) is 7.05 Å². The van der Waals surface area contributed by atoms with Gasteiger partial charge in [-0.25, -0.2) is 0 Å². The predicted molar refractivity (Wildman–Crippen MR) is 76.8 cm³/mol. The number of carbonyl (C=O) groups excluding carboxylic acids is 1. The zero-order chi connectivity index (χ0) is 14.0. The van der Waals surface area contributed by atoms with E-state index in [0.29, 0.717) is 17.0 Å². The topological polar surface area (TPSA) is 34.9 Å². The maximum Gasteiger partial charge on any atom is 0.170 e. The van der Waals surface area contributed by atoms with Crippen LogP contribution in [0.3, 0.4) is 0 Å². The SMILES string of the molecule is CCc1nn(C)cc1C(=O)Cc1ccc(C)cc1Cl. The van der Waals surface area contributed by atoms with Gasteiger partial charge in [0.2, 0.25) is 0 Å². The largest absolute Gasteiger partial charge is 0.294 e. The summed E-state index contributed by atoms with van der Waals surface area (Å²) in [7, 11) is 1.83. The van der Waals surface area contributed by atoms with Gasteiger partial charge in [-0.1, -0.05) is 30.7 Å². The first-order valence-corrected chi connectivity index (χ1v) is 6.69. The normalized spacial score (nSPS) is 10.7. The van der Waals surface area contributed by atoms with Crippen LogP contribution in [0.2, 0.25) is 5.02 Å². The van der Waals surface area contributed by atoms with Crippen LogP contribution in [0.5, 0.6) is 0 Å². The van der Waals surface area contributed by atoms with Crippen molar-refractivity contribution in [3.05, 3.63) is 51.8 Å². The molecule has 0 saturated heterocycles. The van der Waals surface area contributed by atoms with Crippen LogP contribution in [0, 0.1) is 6.92 Å². The summed E-state index contributed by atoms with van der Waals surface area (Å²) >= 11 is 6.17. The van der Waals surface area contributed by atoms with E-state index >= 15 is 0 Å². The van der Waals surface area contributed by atoms with Gasteiger partial charge in [0.15, 0.2) is 5.78 Å². The Balaban J connectivity index is 2.25. The van der Waals surface area contributed by atoms with Gasteiger partial charge >= 0.3 is 0 Å². The standard InChI is InChI=1S/C15H17ClN2O/c1-4-14-12(9-18(3)17-14)15(19)8-11-6-5-10(2)7-13(11)16/h5-7,9H,4,8H2,1-3H3. The average molecular weight is 277 g/mol. The molecule has 0 spiro atoms. The highest BCUT2D eigenvalue weighted by molar-refractivity contribution is 6.31. The highest BCUT2D eigenvalue weighted by atomic mass is 35.5. The van der Waals surface area contributed by atoms with Crippen molar-refractivity contribution in [3.63, 3.8) is 0 Å². The monoisotopic (exact) mass is 276 g/mol. The molecule has 0 bridgehead atoms. The van der Waals surface area contributed by atoms with Gasteiger partial charge < -0.3 is 0 Å². The van der Waals surface area contributed by atoms with Crippen LogP contribution in [-0.4, -0.2) is 15.6 Å². The molecule has 2 aromatic rings. The molecule has 0 amide bonds. The summed E-state index contributed by atoms with van der Waals surface area (Å²) < 4.78 is 1.68. The van der Waals surface area contributed by atoms with E-state index in [1.165, 1.54) is 0 Å². The fourth-order valence-electron chi connectivity index (χ4n) is 2.09. The number of rotatable bonds is 4. The number of Topliss-reactive ketones (excluding diaryl/α,β-unsaturated/α-hetero) is 1. The fourth-order valence-corrected chi connectivity index (χ4v) is 2.39. The number of benzene rings is 1. The number of nitrogens with zero attached hydrogens (tertiary/aromatic N) is 2. The second-order valence-electron chi connectivity index (χ2n) is 4.71. The lowest BCUT2D eigenvalue weighted by molar-refractivity contribution is 0.0992. The predicted octanol–water partition coefficient (Wildman–Crippen LogP) is 3.37. The van der Waals surface area contributed by atoms with Gasteiger partial charge in [0.05, 0.1) is 11.3 Å². The van der Waals surface area contributed by atoms with E-state index in [4.69, 9.17) is 11.6 Å². The lowest BCUT2D eigenvalue weighted by Crippen LogP contribution is -2.06. The number of aryl methyl sites for hydroxylation is 3. The molecule has 3 nitrogen and oxygen atoms in total. The molecule has 0 aliphatic carbocycles. The molecule has 19 heavy (non-hydrogen) atoms. The fraction of sp³-hybridized carbons (Fsp3) is 0.333. The summed E-state index contributed by atoms with van der Waals surface area (Å²) in [5.41, 5.74) is 3.50. The minimum absolute atomic E-state index is 0.0655. The van der Waals surface area contributed by atoms with Crippen molar-refractivity contribution >= 4 is 17.4 Å². The van der Waals surface area contributed by atoms with E-state index in [9.17, 15) is 4.79 Å². The molecule has 4 heteroatoms. The first kappa shape index (κ1) is 13.8. The molecule has 0 unspecified atom stereocenters. The third-order valence-corrected chi connectivity index (χ3v) is 3.45. The third kappa shape index (κ3) is 3.04. The molecule has 0 aliphatic rings. The molecule has 1 aromatic carbocycles. The van der Waals surface area contributed by atoms with Crippen molar-refractivity contribution in [3.8, 4) is 0 Å². The van der Waals surface area contributed by atoms with Crippen LogP contribution in [0.15, 0.2) is 24.4 Å². The van der Waals surface area contributed by atoms with Crippen molar-refractivity contribution in [1.29, 1.82) is 0 Å². The molecule has 1 aromatic heterocycles. The van der Waals surface area contributed by atoms with Crippen LogP contribution in [0.1, 0.15) is 34.1 Å². The van der Waals surface area contributed by atoms with Gasteiger partial charge in [-0.3, -0.25) is 9.48 Å². The summed E-state index contributed by atoms with van der Waals surface area (Å²) in [6.07, 6.45) is 2.85. The molecule has 0 N–H and O–H groups in total. The Morgan fingerprint density at radius 1 is 1.42 bits per heavy atom. The summed E-state index contributed by atoms with van der Waals surface area (Å²) in [5.74, 6) is 0.0655. The second kappa shape index (κ2) is 5.57. The van der Waals surface area contributed by atoms with E-state index in [1.807, 2.05) is 39.1 Å². The number of hydrogen-bond donors (Lipinski definition) is 0. The summed E-state index contributed by atoms with van der Waals surface area (Å²) in [6.45, 7) is 3.98.